The Kier molecular flexibility index (Phi) is 6.59. The number of nitrogens with zero attached hydrogens (tertiary/aromatic N) is 1. The fourth-order valence-corrected chi connectivity index (χ4v) is 4.69. The number of hydrogen-bond donors (Lipinski definition) is 0. The molecule has 4 rings (SSSR count). The van der Waals surface area contributed by atoms with Crippen molar-refractivity contribution >= 4 is 40.7 Å². The van der Waals surface area contributed by atoms with Gasteiger partial charge in [-0.15, -0.1) is 0 Å². The quantitative estimate of drug-likeness (QED) is 0.522. The monoisotopic (exact) mass is 455 g/mol. The average molecular weight is 456 g/mol. The number of hydrogen-bond acceptors (Lipinski definition) is 4. The van der Waals surface area contributed by atoms with Crippen molar-refractivity contribution in [3.05, 3.63) is 81.0 Å². The summed E-state index contributed by atoms with van der Waals surface area (Å²) in [5, 5.41) is 0.818. The van der Waals surface area contributed by atoms with Crippen molar-refractivity contribution in [2.75, 3.05) is 6.61 Å². The Labute approximate surface area is 191 Å². The minimum atomic E-state index is -0.672. The number of ether oxygens (including phenoxy) is 1. The summed E-state index contributed by atoms with van der Waals surface area (Å²) >= 11 is 12.4. The number of aliphatic imine (C=N–C) groups is 1. The molecule has 2 aliphatic rings. The molecule has 0 spiro atoms. The number of rotatable bonds is 5. The lowest BCUT2D eigenvalue weighted by Crippen LogP contribution is -2.37. The molecule has 0 radical (unpaired) electrons. The predicted octanol–water partition coefficient (Wildman–Crippen LogP) is 5.96. The maximum absolute atomic E-state index is 13.2. The minimum Gasteiger partial charge on any atom is -0.465 e. The highest BCUT2D eigenvalue weighted by molar-refractivity contribution is 6.42. The molecule has 2 aromatic rings. The first-order valence-electron chi connectivity index (χ1n) is 10.4. The second kappa shape index (κ2) is 9.37. The van der Waals surface area contributed by atoms with Gasteiger partial charge < -0.3 is 4.74 Å². The van der Waals surface area contributed by atoms with Gasteiger partial charge >= 0.3 is 5.97 Å². The van der Waals surface area contributed by atoms with E-state index in [2.05, 4.69) is 4.99 Å². The molecule has 0 fully saturated rings. The number of carbonyl (C=O) groups excluding carboxylic acids is 2. The first-order valence-corrected chi connectivity index (χ1v) is 11.2. The van der Waals surface area contributed by atoms with Crippen molar-refractivity contribution in [1.29, 1.82) is 0 Å². The highest BCUT2D eigenvalue weighted by Crippen LogP contribution is 2.44. The number of carbonyl (C=O) groups is 2. The first kappa shape index (κ1) is 21.8. The number of halogens is 2. The number of esters is 1. The molecule has 6 heteroatoms. The third kappa shape index (κ3) is 4.60. The van der Waals surface area contributed by atoms with Gasteiger partial charge in [0.2, 0.25) is 0 Å². The van der Waals surface area contributed by atoms with Gasteiger partial charge in [0.25, 0.3) is 0 Å². The molecule has 4 nitrogen and oxygen atoms in total. The minimum absolute atomic E-state index is 0.0376. The topological polar surface area (TPSA) is 55.7 Å². The van der Waals surface area contributed by atoms with Gasteiger partial charge in [-0.2, -0.15) is 0 Å². The second-order valence-electron chi connectivity index (χ2n) is 7.92. The van der Waals surface area contributed by atoms with Crippen molar-refractivity contribution < 1.29 is 14.3 Å². The maximum atomic E-state index is 13.2. The first-order chi connectivity index (χ1) is 15.0. The molecule has 0 saturated carbocycles. The van der Waals surface area contributed by atoms with E-state index < -0.39 is 11.8 Å². The summed E-state index contributed by atoms with van der Waals surface area (Å²) in [6.07, 6.45) is 2.58. The number of allylic oxidation sites excluding steroid dienone is 2. The maximum Gasteiger partial charge on any atom is 0.315 e. The van der Waals surface area contributed by atoms with Crippen LogP contribution in [0.2, 0.25) is 10.0 Å². The lowest BCUT2D eigenvalue weighted by atomic mass is 9.72. The molecule has 1 heterocycles. The van der Waals surface area contributed by atoms with Crippen molar-refractivity contribution in [3.63, 3.8) is 0 Å². The Balaban J connectivity index is 1.64. The fraction of sp³-hybridized carbons (Fsp3) is 0.320. The number of benzene rings is 2. The third-order valence-corrected chi connectivity index (χ3v) is 6.61. The van der Waals surface area contributed by atoms with Crippen molar-refractivity contribution in [3.8, 4) is 0 Å². The Morgan fingerprint density at radius 1 is 1.10 bits per heavy atom. The Hall–Kier alpha value is -2.43. The van der Waals surface area contributed by atoms with Gasteiger partial charge in [0, 0.05) is 35.7 Å². The molecular formula is C25H23Cl2NO3. The van der Waals surface area contributed by atoms with Crippen LogP contribution in [0.25, 0.3) is 0 Å². The molecule has 2 atom stereocenters. The summed E-state index contributed by atoms with van der Waals surface area (Å²) in [6.45, 7) is 2.09. The van der Waals surface area contributed by atoms with Crippen LogP contribution in [0.5, 0.6) is 0 Å². The van der Waals surface area contributed by atoms with Crippen LogP contribution in [0.3, 0.4) is 0 Å². The summed E-state index contributed by atoms with van der Waals surface area (Å²) in [7, 11) is 0. The van der Waals surface area contributed by atoms with Crippen molar-refractivity contribution in [2.24, 2.45) is 10.9 Å². The van der Waals surface area contributed by atoms with Gasteiger partial charge in [0.15, 0.2) is 5.78 Å². The second-order valence-corrected chi connectivity index (χ2v) is 8.74. The lowest BCUT2D eigenvalue weighted by Gasteiger charge is -2.34. The highest BCUT2D eigenvalue weighted by atomic mass is 35.5. The Morgan fingerprint density at radius 2 is 1.87 bits per heavy atom. The molecule has 0 bridgehead atoms. The van der Waals surface area contributed by atoms with Crippen molar-refractivity contribution in [1.82, 2.24) is 0 Å². The fourth-order valence-electron chi connectivity index (χ4n) is 4.38. The van der Waals surface area contributed by atoms with Gasteiger partial charge in [-0.25, -0.2) is 0 Å². The van der Waals surface area contributed by atoms with Crippen LogP contribution in [-0.4, -0.2) is 24.1 Å². The molecule has 0 saturated heterocycles. The normalized spacial score (nSPS) is 20.9. The van der Waals surface area contributed by atoms with Crippen LogP contribution in [0, 0.1) is 5.92 Å². The van der Waals surface area contributed by atoms with Crippen LogP contribution in [0.15, 0.2) is 64.8 Å². The average Bonchev–Trinajstić information content (AvgIpc) is 2.75. The van der Waals surface area contributed by atoms with E-state index in [1.807, 2.05) is 43.3 Å². The van der Waals surface area contributed by atoms with E-state index in [1.54, 1.807) is 12.1 Å². The predicted molar refractivity (Wildman–Crippen MR) is 123 cm³/mol. The van der Waals surface area contributed by atoms with E-state index in [9.17, 15) is 9.59 Å². The zero-order valence-electron chi connectivity index (χ0n) is 17.2. The van der Waals surface area contributed by atoms with Crippen LogP contribution in [0.1, 0.15) is 43.2 Å². The van der Waals surface area contributed by atoms with Gasteiger partial charge in [-0.3, -0.25) is 14.6 Å². The molecule has 0 aromatic heterocycles. The van der Waals surface area contributed by atoms with Gasteiger partial charge in [-0.1, -0.05) is 59.6 Å². The SMILES string of the molecule is CC1=NC2=C(C(=O)CCC2)[C@H](c2ccc(Cl)c(Cl)c2)C1C(=O)OCCc1ccccc1. The molecule has 160 valence electrons. The number of ketones is 1. The standard InChI is InChI=1S/C25H23Cl2NO3/c1-15-22(25(30)31-13-12-16-6-3-2-4-7-16)23(17-10-11-18(26)19(27)14-17)24-20(28-15)8-5-9-21(24)29/h2-4,6-7,10-11,14,22-23H,5,8-9,12-13H2,1H3/t22?,23-/m1/s1. The Bertz CT molecular complexity index is 1080. The molecular weight excluding hydrogens is 433 g/mol. The van der Waals surface area contributed by atoms with E-state index in [0.29, 0.717) is 34.2 Å². The number of Topliss-reactive ketones (excluding diaryl/α,β-unsaturated/α-hetero) is 1. The van der Waals surface area contributed by atoms with Gasteiger partial charge in [0.1, 0.15) is 5.92 Å². The Morgan fingerprint density at radius 3 is 2.61 bits per heavy atom. The molecule has 1 aliphatic heterocycles. The summed E-state index contributed by atoms with van der Waals surface area (Å²) in [6, 6.07) is 15.1. The van der Waals surface area contributed by atoms with E-state index in [1.165, 1.54) is 0 Å². The van der Waals surface area contributed by atoms with Crippen LogP contribution >= 0.6 is 23.2 Å². The molecule has 2 aromatic carbocycles. The van der Waals surface area contributed by atoms with E-state index in [0.717, 1.165) is 29.7 Å². The molecule has 1 aliphatic carbocycles. The molecule has 31 heavy (non-hydrogen) atoms. The summed E-state index contributed by atoms with van der Waals surface area (Å²) in [5.74, 6) is -1.48. The highest BCUT2D eigenvalue weighted by Gasteiger charge is 2.43. The van der Waals surface area contributed by atoms with Gasteiger partial charge in [0.05, 0.1) is 16.7 Å². The largest absolute Gasteiger partial charge is 0.465 e. The van der Waals surface area contributed by atoms with Crippen molar-refractivity contribution in [2.45, 2.75) is 38.5 Å². The van der Waals surface area contributed by atoms with E-state index in [-0.39, 0.29) is 18.4 Å². The summed E-state index contributed by atoms with van der Waals surface area (Å²) < 4.78 is 5.66. The zero-order chi connectivity index (χ0) is 22.0. The summed E-state index contributed by atoms with van der Waals surface area (Å²) in [5.41, 5.74) is 3.92. The zero-order valence-corrected chi connectivity index (χ0v) is 18.7. The lowest BCUT2D eigenvalue weighted by molar-refractivity contribution is -0.146. The smallest absolute Gasteiger partial charge is 0.315 e. The van der Waals surface area contributed by atoms with Crippen LogP contribution < -0.4 is 0 Å². The summed E-state index contributed by atoms with van der Waals surface area (Å²) in [4.78, 5) is 30.8. The molecule has 0 N–H and O–H groups in total. The van der Waals surface area contributed by atoms with E-state index >= 15 is 0 Å². The van der Waals surface area contributed by atoms with Gasteiger partial charge in [-0.05, 0) is 43.0 Å². The van der Waals surface area contributed by atoms with Crippen LogP contribution in [-0.2, 0) is 20.7 Å². The third-order valence-electron chi connectivity index (χ3n) is 5.87. The molecule has 1 unspecified atom stereocenters. The molecule has 0 amide bonds. The van der Waals surface area contributed by atoms with E-state index in [4.69, 9.17) is 27.9 Å². The van der Waals surface area contributed by atoms with Crippen LogP contribution in [0.4, 0.5) is 0 Å².